The van der Waals surface area contributed by atoms with E-state index in [9.17, 15) is 4.79 Å². The molecular weight excluding hydrogens is 332 g/mol. The molecule has 1 amide bonds. The van der Waals surface area contributed by atoms with Crippen molar-refractivity contribution >= 4 is 29.4 Å². The Morgan fingerprint density at radius 1 is 1.24 bits per heavy atom. The van der Waals surface area contributed by atoms with Gasteiger partial charge in [0.25, 0.3) is 5.91 Å². The molecule has 0 aromatic heterocycles. The number of aryl methyl sites for hydroxylation is 2. The van der Waals surface area contributed by atoms with Gasteiger partial charge in [-0.25, -0.2) is 0 Å². The second-order valence-corrected chi connectivity index (χ2v) is 7.04. The highest BCUT2D eigenvalue weighted by Gasteiger charge is 2.27. The quantitative estimate of drug-likeness (QED) is 0.792. The van der Waals surface area contributed by atoms with Crippen LogP contribution in [0.25, 0.3) is 6.08 Å². The van der Waals surface area contributed by atoms with Gasteiger partial charge in [0.1, 0.15) is 5.75 Å². The predicted octanol–water partition coefficient (Wildman–Crippen LogP) is 4.17. The number of hydrogen-bond donors (Lipinski definition) is 2. The largest absolute Gasteiger partial charge is 0.497 e. The van der Waals surface area contributed by atoms with E-state index in [1.807, 2.05) is 43.3 Å². The minimum absolute atomic E-state index is 0.0529. The van der Waals surface area contributed by atoms with E-state index in [1.165, 1.54) is 17.3 Å². The zero-order valence-corrected chi connectivity index (χ0v) is 15.4. The number of ether oxygens (including phenoxy) is 1. The summed E-state index contributed by atoms with van der Waals surface area (Å²) in [5.41, 5.74) is 4.23. The second kappa shape index (κ2) is 7.66. The van der Waals surface area contributed by atoms with Gasteiger partial charge < -0.3 is 15.4 Å². The van der Waals surface area contributed by atoms with Crippen molar-refractivity contribution in [1.82, 2.24) is 5.32 Å². The number of thioether (sulfide) groups is 1. The Morgan fingerprint density at radius 3 is 2.64 bits per heavy atom. The van der Waals surface area contributed by atoms with Gasteiger partial charge in [0.2, 0.25) is 0 Å². The lowest BCUT2D eigenvalue weighted by atomic mass is 10.1. The molecule has 130 valence electrons. The molecule has 5 heteroatoms. The third-order valence-corrected chi connectivity index (χ3v) is 5.18. The van der Waals surface area contributed by atoms with Gasteiger partial charge >= 0.3 is 0 Å². The highest BCUT2D eigenvalue weighted by Crippen LogP contribution is 2.31. The van der Waals surface area contributed by atoms with E-state index < -0.39 is 0 Å². The molecule has 0 bridgehead atoms. The van der Waals surface area contributed by atoms with Crippen molar-refractivity contribution in [2.45, 2.75) is 25.8 Å². The molecule has 2 aromatic rings. The minimum atomic E-state index is -0.162. The van der Waals surface area contributed by atoms with Crippen molar-refractivity contribution in [2.24, 2.45) is 0 Å². The molecule has 1 fully saturated rings. The van der Waals surface area contributed by atoms with E-state index in [4.69, 9.17) is 4.74 Å². The number of amides is 1. The fourth-order valence-electron chi connectivity index (χ4n) is 2.63. The van der Waals surface area contributed by atoms with Gasteiger partial charge in [-0.3, -0.25) is 4.79 Å². The molecule has 1 aliphatic rings. The van der Waals surface area contributed by atoms with Gasteiger partial charge in [-0.15, -0.1) is 0 Å². The summed E-state index contributed by atoms with van der Waals surface area (Å²) in [6, 6.07) is 14.1. The van der Waals surface area contributed by atoms with Crippen LogP contribution in [0.5, 0.6) is 5.75 Å². The van der Waals surface area contributed by atoms with Crippen LogP contribution < -0.4 is 15.4 Å². The van der Waals surface area contributed by atoms with Crippen molar-refractivity contribution in [3.8, 4) is 5.75 Å². The average Bonchev–Trinajstić information content (AvgIpc) is 2.96. The first-order chi connectivity index (χ1) is 12.1. The van der Waals surface area contributed by atoms with Crippen LogP contribution in [0.2, 0.25) is 0 Å². The van der Waals surface area contributed by atoms with E-state index in [-0.39, 0.29) is 11.4 Å². The number of nitrogens with one attached hydrogen (secondary N) is 2. The maximum Gasteiger partial charge on any atom is 0.260 e. The topological polar surface area (TPSA) is 50.4 Å². The van der Waals surface area contributed by atoms with Crippen LogP contribution in [-0.4, -0.2) is 18.5 Å². The van der Waals surface area contributed by atoms with Crippen LogP contribution >= 0.6 is 11.8 Å². The number of carbonyl (C=O) groups is 1. The summed E-state index contributed by atoms with van der Waals surface area (Å²) in [5.74, 6) is 0.765. The molecule has 0 saturated carbocycles. The molecule has 1 saturated heterocycles. The molecule has 2 N–H and O–H groups in total. The monoisotopic (exact) mass is 354 g/mol. The fourth-order valence-corrected chi connectivity index (χ4v) is 3.61. The predicted molar refractivity (Wildman–Crippen MR) is 105 cm³/mol. The summed E-state index contributed by atoms with van der Waals surface area (Å²) in [4.78, 5) is 13.0. The summed E-state index contributed by atoms with van der Waals surface area (Å²) in [6.07, 6.45) is 2.94. The first-order valence-corrected chi connectivity index (χ1v) is 9.16. The highest BCUT2D eigenvalue weighted by molar-refractivity contribution is 8.05. The first kappa shape index (κ1) is 17.4. The third kappa shape index (κ3) is 4.17. The van der Waals surface area contributed by atoms with E-state index in [0.29, 0.717) is 4.91 Å². The summed E-state index contributed by atoms with van der Waals surface area (Å²) in [7, 11) is 1.65. The van der Waals surface area contributed by atoms with Gasteiger partial charge in [0.15, 0.2) is 5.50 Å². The van der Waals surface area contributed by atoms with Gasteiger partial charge in [-0.1, -0.05) is 36.9 Å². The summed E-state index contributed by atoms with van der Waals surface area (Å²) < 4.78 is 5.23. The lowest BCUT2D eigenvalue weighted by molar-refractivity contribution is -0.116. The summed E-state index contributed by atoms with van der Waals surface area (Å²) in [5, 5.41) is 6.30. The van der Waals surface area contributed by atoms with Gasteiger partial charge in [0, 0.05) is 5.69 Å². The number of anilines is 1. The zero-order valence-electron chi connectivity index (χ0n) is 14.6. The standard InChI is InChI=1S/C20H22N2O2S/c1-4-14-5-8-16(9-6-14)21-20-22-19(23)18(25-20)12-15-7-10-17(24-3)11-13(15)2/h5-12,20-21H,4H2,1-3H3,(H,22,23)/b18-12-/t20-/m0/s1. The van der Waals surface area contributed by atoms with Crippen LogP contribution in [0.4, 0.5) is 5.69 Å². The van der Waals surface area contributed by atoms with Gasteiger partial charge in [-0.05, 0) is 60.4 Å². The van der Waals surface area contributed by atoms with E-state index in [0.717, 1.165) is 29.0 Å². The van der Waals surface area contributed by atoms with Crippen molar-refractivity contribution in [1.29, 1.82) is 0 Å². The Hall–Kier alpha value is -2.40. The van der Waals surface area contributed by atoms with E-state index >= 15 is 0 Å². The third-order valence-electron chi connectivity index (χ3n) is 4.15. The zero-order chi connectivity index (χ0) is 17.8. The Morgan fingerprint density at radius 2 is 2.00 bits per heavy atom. The van der Waals surface area contributed by atoms with Crippen molar-refractivity contribution in [3.05, 3.63) is 64.1 Å². The lowest BCUT2D eigenvalue weighted by Gasteiger charge is -2.12. The summed E-state index contributed by atoms with van der Waals surface area (Å²) in [6.45, 7) is 4.14. The number of methoxy groups -OCH3 is 1. The molecule has 1 heterocycles. The number of hydrogen-bond acceptors (Lipinski definition) is 4. The molecule has 1 aliphatic heterocycles. The molecule has 0 spiro atoms. The Labute approximate surface area is 152 Å². The van der Waals surface area contributed by atoms with Crippen molar-refractivity contribution < 1.29 is 9.53 Å². The van der Waals surface area contributed by atoms with Gasteiger partial charge in [0.05, 0.1) is 12.0 Å². The number of carbonyl (C=O) groups excluding carboxylic acids is 1. The molecule has 4 nitrogen and oxygen atoms in total. The molecule has 0 unspecified atom stereocenters. The number of rotatable bonds is 5. The molecule has 0 radical (unpaired) electrons. The molecule has 3 rings (SSSR count). The maximum absolute atomic E-state index is 12.2. The minimum Gasteiger partial charge on any atom is -0.497 e. The summed E-state index contributed by atoms with van der Waals surface area (Å²) >= 11 is 1.50. The van der Waals surface area contributed by atoms with Crippen LogP contribution in [0.15, 0.2) is 47.4 Å². The van der Waals surface area contributed by atoms with Crippen LogP contribution in [0.3, 0.4) is 0 Å². The Balaban J connectivity index is 1.71. The molecule has 25 heavy (non-hydrogen) atoms. The van der Waals surface area contributed by atoms with Crippen molar-refractivity contribution in [2.75, 3.05) is 12.4 Å². The normalized spacial score (nSPS) is 18.3. The smallest absolute Gasteiger partial charge is 0.260 e. The van der Waals surface area contributed by atoms with E-state index in [2.05, 4.69) is 29.7 Å². The molecular formula is C20H22N2O2S. The lowest BCUT2D eigenvalue weighted by Crippen LogP contribution is -2.30. The Bertz CT molecular complexity index is 800. The molecule has 1 atom stereocenters. The molecule has 0 aliphatic carbocycles. The van der Waals surface area contributed by atoms with Crippen LogP contribution in [0.1, 0.15) is 23.6 Å². The Kier molecular flexibility index (Phi) is 5.34. The number of benzene rings is 2. The van der Waals surface area contributed by atoms with Crippen molar-refractivity contribution in [3.63, 3.8) is 0 Å². The molecule has 2 aromatic carbocycles. The van der Waals surface area contributed by atoms with Gasteiger partial charge in [-0.2, -0.15) is 0 Å². The average molecular weight is 354 g/mol. The van der Waals surface area contributed by atoms with E-state index in [1.54, 1.807) is 7.11 Å². The maximum atomic E-state index is 12.2. The fraction of sp³-hybridized carbons (Fsp3) is 0.250. The second-order valence-electron chi connectivity index (χ2n) is 5.90. The SMILES string of the molecule is CCc1ccc(N[C@H]2NC(=O)/C(=C/c3ccc(OC)cc3C)S2)cc1. The first-order valence-electron chi connectivity index (χ1n) is 8.28. The van der Waals surface area contributed by atoms with Crippen LogP contribution in [0, 0.1) is 6.92 Å². The highest BCUT2D eigenvalue weighted by atomic mass is 32.2. The van der Waals surface area contributed by atoms with Crippen LogP contribution in [-0.2, 0) is 11.2 Å².